The minimum atomic E-state index is -0.545. The van der Waals surface area contributed by atoms with Gasteiger partial charge in [-0.25, -0.2) is 14.4 Å². The van der Waals surface area contributed by atoms with Gasteiger partial charge in [0.2, 0.25) is 0 Å². The number of rotatable bonds is 5. The van der Waals surface area contributed by atoms with Gasteiger partial charge < -0.3 is 14.6 Å². The van der Waals surface area contributed by atoms with Crippen LogP contribution in [0.15, 0.2) is 49.2 Å². The number of nitrogens with one attached hydrogen (secondary N) is 1. The van der Waals surface area contributed by atoms with Crippen LogP contribution in [0.1, 0.15) is 23.2 Å². The summed E-state index contributed by atoms with van der Waals surface area (Å²) in [7, 11) is 1.45. The molecule has 1 aromatic carbocycles. The molecule has 0 spiro atoms. The number of likely N-dealkylation sites (tertiary alicyclic amines) is 2. The van der Waals surface area contributed by atoms with Gasteiger partial charge in [0.15, 0.2) is 0 Å². The fourth-order valence-electron chi connectivity index (χ4n) is 5.02. The van der Waals surface area contributed by atoms with Crippen molar-refractivity contribution in [2.75, 3.05) is 33.3 Å². The number of nitrogens with zero attached hydrogens (tertiary/aromatic N) is 6. The summed E-state index contributed by atoms with van der Waals surface area (Å²) in [5.41, 5.74) is 2.65. The SMILES string of the molecule is COc1cccc(F)c1C(=O)N1CCC(N2C[C](n3cc(-c4ncnc5[nH]ccc45)cn3)C2)CC1. The standard InChI is InChI=1S/C25H25FN7O2/c1-35-21-4-2-3-20(26)22(21)25(34)31-9-6-17(7-10-31)32-13-18(14-32)33-12-16(11-30-33)23-19-5-8-27-24(19)29-15-28-23/h2-5,8,11-12,15,17H,6-7,9-10,13-14H2,1H3,(H,27,28,29). The van der Waals surface area contributed by atoms with Crippen molar-refractivity contribution in [1.82, 2.24) is 34.5 Å². The van der Waals surface area contributed by atoms with Crippen LogP contribution in [-0.4, -0.2) is 79.8 Å². The maximum absolute atomic E-state index is 14.3. The van der Waals surface area contributed by atoms with Crippen molar-refractivity contribution >= 4 is 16.9 Å². The normalized spacial score (nSPS) is 17.6. The minimum Gasteiger partial charge on any atom is -0.496 e. The molecule has 2 fully saturated rings. The highest BCUT2D eigenvalue weighted by Crippen LogP contribution is 2.31. The lowest BCUT2D eigenvalue weighted by molar-refractivity contribution is 0.0509. The Morgan fingerprint density at radius 2 is 2.00 bits per heavy atom. The van der Waals surface area contributed by atoms with E-state index < -0.39 is 5.82 Å². The summed E-state index contributed by atoms with van der Waals surface area (Å²) < 4.78 is 21.5. The van der Waals surface area contributed by atoms with E-state index in [1.165, 1.54) is 19.2 Å². The summed E-state index contributed by atoms with van der Waals surface area (Å²) in [4.78, 5) is 28.9. The molecule has 1 radical (unpaired) electrons. The first kappa shape index (κ1) is 21.7. The number of hydrogen-bond donors (Lipinski definition) is 1. The highest BCUT2D eigenvalue weighted by Gasteiger charge is 2.37. The number of piperidine rings is 1. The number of fused-ring (bicyclic) bond motifs is 1. The fraction of sp³-hybridized carbons (Fsp3) is 0.320. The third kappa shape index (κ3) is 3.83. The van der Waals surface area contributed by atoms with E-state index in [4.69, 9.17) is 4.74 Å². The van der Waals surface area contributed by atoms with Crippen molar-refractivity contribution in [1.29, 1.82) is 0 Å². The molecule has 1 N–H and O–H groups in total. The zero-order valence-electron chi connectivity index (χ0n) is 19.3. The van der Waals surface area contributed by atoms with Gasteiger partial charge in [0, 0.05) is 55.6 Å². The average molecular weight is 475 g/mol. The van der Waals surface area contributed by atoms with E-state index in [0.717, 1.165) is 48.2 Å². The summed E-state index contributed by atoms with van der Waals surface area (Å²) in [6, 6.07) is 8.05. The van der Waals surface area contributed by atoms with Gasteiger partial charge >= 0.3 is 0 Å². The minimum absolute atomic E-state index is 0.0168. The maximum Gasteiger partial charge on any atom is 0.260 e. The summed E-state index contributed by atoms with van der Waals surface area (Å²) in [5, 5.41) is 5.53. The van der Waals surface area contributed by atoms with Gasteiger partial charge in [0.25, 0.3) is 5.91 Å². The van der Waals surface area contributed by atoms with Gasteiger partial charge in [-0.1, -0.05) is 6.07 Å². The quantitative estimate of drug-likeness (QED) is 0.478. The van der Waals surface area contributed by atoms with Crippen LogP contribution in [0.5, 0.6) is 5.75 Å². The number of ether oxygens (including phenoxy) is 1. The van der Waals surface area contributed by atoms with E-state index in [9.17, 15) is 9.18 Å². The zero-order chi connectivity index (χ0) is 23.9. The summed E-state index contributed by atoms with van der Waals surface area (Å²) in [5.74, 6) is -0.576. The highest BCUT2D eigenvalue weighted by atomic mass is 19.1. The molecule has 6 rings (SSSR count). The van der Waals surface area contributed by atoms with Crippen LogP contribution >= 0.6 is 0 Å². The Kier molecular flexibility index (Phi) is 5.44. The number of amides is 1. The molecule has 0 saturated carbocycles. The maximum atomic E-state index is 14.3. The lowest BCUT2D eigenvalue weighted by Crippen LogP contribution is -2.56. The van der Waals surface area contributed by atoms with E-state index in [0.29, 0.717) is 19.1 Å². The number of carbonyl (C=O) groups excluding carboxylic acids is 1. The van der Waals surface area contributed by atoms with E-state index in [1.807, 2.05) is 29.3 Å². The Bertz CT molecular complexity index is 1370. The predicted molar refractivity (Wildman–Crippen MR) is 127 cm³/mol. The smallest absolute Gasteiger partial charge is 0.260 e. The van der Waals surface area contributed by atoms with E-state index >= 15 is 0 Å². The molecular weight excluding hydrogens is 449 g/mol. The molecule has 179 valence electrons. The molecule has 0 aliphatic carbocycles. The second kappa shape index (κ2) is 8.77. The Hall–Kier alpha value is -3.79. The molecule has 35 heavy (non-hydrogen) atoms. The van der Waals surface area contributed by atoms with Crippen LogP contribution in [0.4, 0.5) is 4.39 Å². The first-order valence-corrected chi connectivity index (χ1v) is 11.7. The van der Waals surface area contributed by atoms with Crippen molar-refractivity contribution in [3.8, 4) is 17.0 Å². The molecule has 2 aliphatic heterocycles. The first-order chi connectivity index (χ1) is 17.1. The topological polar surface area (TPSA) is 92.2 Å². The number of H-pyrrole nitrogens is 1. The number of halogens is 1. The highest BCUT2D eigenvalue weighted by molar-refractivity contribution is 5.97. The number of carbonyl (C=O) groups is 1. The van der Waals surface area contributed by atoms with Gasteiger partial charge in [-0.05, 0) is 31.0 Å². The van der Waals surface area contributed by atoms with Crippen LogP contribution in [0.3, 0.4) is 0 Å². The number of aromatic nitrogens is 5. The largest absolute Gasteiger partial charge is 0.496 e. The molecule has 0 atom stereocenters. The predicted octanol–water partition coefficient (Wildman–Crippen LogP) is 2.97. The third-order valence-corrected chi connectivity index (χ3v) is 6.98. The summed E-state index contributed by atoms with van der Waals surface area (Å²) in [6.45, 7) is 2.87. The molecule has 3 aromatic heterocycles. The number of methoxy groups -OCH3 is 1. The van der Waals surface area contributed by atoms with Gasteiger partial charge in [-0.2, -0.15) is 5.10 Å². The molecule has 5 heterocycles. The van der Waals surface area contributed by atoms with Crippen LogP contribution < -0.4 is 4.74 Å². The first-order valence-electron chi connectivity index (χ1n) is 11.7. The van der Waals surface area contributed by atoms with Crippen molar-refractivity contribution in [2.45, 2.75) is 18.9 Å². The number of aromatic amines is 1. The molecule has 4 aromatic rings. The molecule has 9 nitrogen and oxygen atoms in total. The van der Waals surface area contributed by atoms with Gasteiger partial charge in [-0.15, -0.1) is 0 Å². The third-order valence-electron chi connectivity index (χ3n) is 6.98. The summed E-state index contributed by atoms with van der Waals surface area (Å²) >= 11 is 0. The van der Waals surface area contributed by atoms with E-state index in [2.05, 4.69) is 25.0 Å². The van der Waals surface area contributed by atoms with E-state index in [-0.39, 0.29) is 17.2 Å². The molecule has 10 heteroatoms. The number of benzene rings is 1. The van der Waals surface area contributed by atoms with Crippen LogP contribution in [0.2, 0.25) is 0 Å². The molecule has 0 bridgehead atoms. The second-order valence-electron chi connectivity index (χ2n) is 8.95. The second-order valence-corrected chi connectivity index (χ2v) is 8.95. The van der Waals surface area contributed by atoms with Crippen molar-refractivity contribution < 1.29 is 13.9 Å². The Labute approximate surface area is 201 Å². The van der Waals surface area contributed by atoms with E-state index in [1.54, 1.807) is 23.4 Å². The lowest BCUT2D eigenvalue weighted by Gasteiger charge is -2.46. The van der Waals surface area contributed by atoms with Gasteiger partial charge in [-0.3, -0.25) is 14.4 Å². The van der Waals surface area contributed by atoms with Crippen molar-refractivity contribution in [3.63, 3.8) is 0 Å². The van der Waals surface area contributed by atoms with Crippen molar-refractivity contribution in [2.24, 2.45) is 0 Å². The van der Waals surface area contributed by atoms with Crippen LogP contribution in [0, 0.1) is 11.9 Å². The molecule has 0 unspecified atom stereocenters. The molecule has 2 saturated heterocycles. The van der Waals surface area contributed by atoms with Gasteiger partial charge in [0.1, 0.15) is 35.1 Å². The molecule has 2 aliphatic rings. The Morgan fingerprint density at radius 3 is 2.80 bits per heavy atom. The Morgan fingerprint density at radius 1 is 1.17 bits per heavy atom. The van der Waals surface area contributed by atoms with Gasteiger partial charge in [0.05, 0.1) is 19.0 Å². The summed E-state index contributed by atoms with van der Waals surface area (Å²) in [6.07, 6.45) is 8.98. The fourth-order valence-corrected chi connectivity index (χ4v) is 5.02. The van der Waals surface area contributed by atoms with Crippen molar-refractivity contribution in [3.05, 3.63) is 66.6 Å². The van der Waals surface area contributed by atoms with Crippen LogP contribution in [-0.2, 0) is 0 Å². The average Bonchev–Trinajstić information content (AvgIpc) is 3.53. The lowest BCUT2D eigenvalue weighted by atomic mass is 9.97. The molecular formula is C25H25FN7O2. The molecule has 1 amide bonds. The Balaban J connectivity index is 1.06. The zero-order valence-corrected chi connectivity index (χ0v) is 19.3. The number of hydrogen-bond acceptors (Lipinski definition) is 6. The van der Waals surface area contributed by atoms with Crippen LogP contribution in [0.25, 0.3) is 22.3 Å². The monoisotopic (exact) mass is 474 g/mol.